The molecular formula is C23H13ClF2N4O2S. The minimum Gasteiger partial charge on any atom is -0.324 e. The Bertz CT molecular complexity index is 1500. The van der Waals surface area contributed by atoms with Gasteiger partial charge in [0.15, 0.2) is 5.16 Å². The Morgan fingerprint density at radius 3 is 2.70 bits per heavy atom. The molecule has 0 saturated carbocycles. The largest absolute Gasteiger partial charge is 0.324 e. The van der Waals surface area contributed by atoms with Crippen molar-refractivity contribution in [1.82, 2.24) is 9.55 Å². The summed E-state index contributed by atoms with van der Waals surface area (Å²) in [4.78, 5) is 30.1. The molecule has 0 fully saturated rings. The highest BCUT2D eigenvalue weighted by Gasteiger charge is 2.18. The molecule has 1 amide bonds. The van der Waals surface area contributed by atoms with Crippen LogP contribution in [0, 0.1) is 23.0 Å². The van der Waals surface area contributed by atoms with E-state index in [1.54, 1.807) is 24.3 Å². The summed E-state index contributed by atoms with van der Waals surface area (Å²) in [5, 5.41) is 12.4. The fourth-order valence-electron chi connectivity index (χ4n) is 3.12. The number of benzene rings is 3. The van der Waals surface area contributed by atoms with Crippen LogP contribution in [0.4, 0.5) is 14.5 Å². The van der Waals surface area contributed by atoms with Crippen LogP contribution in [-0.4, -0.2) is 21.2 Å². The van der Waals surface area contributed by atoms with Gasteiger partial charge in [0.2, 0.25) is 5.91 Å². The number of rotatable bonds is 5. The van der Waals surface area contributed by atoms with E-state index >= 15 is 0 Å². The number of aromatic nitrogens is 2. The zero-order valence-corrected chi connectivity index (χ0v) is 18.3. The van der Waals surface area contributed by atoms with Gasteiger partial charge in [0, 0.05) is 11.1 Å². The van der Waals surface area contributed by atoms with Crippen LogP contribution in [0.5, 0.6) is 0 Å². The number of halogens is 3. The van der Waals surface area contributed by atoms with Crippen LogP contribution in [-0.2, 0) is 4.79 Å². The van der Waals surface area contributed by atoms with Gasteiger partial charge in [0.1, 0.15) is 17.7 Å². The molecule has 0 unspecified atom stereocenters. The van der Waals surface area contributed by atoms with Crippen molar-refractivity contribution < 1.29 is 13.6 Å². The Labute approximate surface area is 195 Å². The summed E-state index contributed by atoms with van der Waals surface area (Å²) in [5.74, 6) is -2.43. The van der Waals surface area contributed by atoms with Crippen LogP contribution < -0.4 is 10.9 Å². The fraction of sp³-hybridized carbons (Fsp3) is 0.0435. The lowest BCUT2D eigenvalue weighted by molar-refractivity contribution is -0.113. The monoisotopic (exact) mass is 482 g/mol. The van der Waals surface area contributed by atoms with E-state index in [1.165, 1.54) is 18.2 Å². The Balaban J connectivity index is 1.70. The molecule has 0 spiro atoms. The summed E-state index contributed by atoms with van der Waals surface area (Å²) in [6, 6.07) is 15.8. The molecule has 0 aliphatic heterocycles. The lowest BCUT2D eigenvalue weighted by atomic mass is 10.2. The van der Waals surface area contributed by atoms with Crippen molar-refractivity contribution in [3.05, 3.63) is 93.2 Å². The van der Waals surface area contributed by atoms with Crippen LogP contribution in [0.25, 0.3) is 16.6 Å². The lowest BCUT2D eigenvalue weighted by Crippen LogP contribution is -2.24. The maximum atomic E-state index is 14.5. The van der Waals surface area contributed by atoms with Crippen LogP contribution in [0.1, 0.15) is 5.56 Å². The van der Waals surface area contributed by atoms with E-state index in [4.69, 9.17) is 11.6 Å². The lowest BCUT2D eigenvalue weighted by Gasteiger charge is -2.14. The number of para-hydroxylation sites is 1. The molecule has 164 valence electrons. The Morgan fingerprint density at radius 1 is 1.15 bits per heavy atom. The van der Waals surface area contributed by atoms with E-state index in [9.17, 15) is 23.6 Å². The molecule has 6 nitrogen and oxygen atoms in total. The molecule has 0 aliphatic carbocycles. The average Bonchev–Trinajstić information content (AvgIpc) is 2.79. The number of nitriles is 1. The number of thioether (sulfide) groups is 1. The van der Waals surface area contributed by atoms with Crippen molar-refractivity contribution in [2.75, 3.05) is 11.1 Å². The minimum absolute atomic E-state index is 0.0472. The third kappa shape index (κ3) is 4.72. The number of nitrogens with one attached hydrogen (secondary N) is 1. The number of nitrogens with zero attached hydrogens (tertiary/aromatic N) is 3. The van der Waals surface area contributed by atoms with Crippen LogP contribution >= 0.6 is 23.4 Å². The van der Waals surface area contributed by atoms with Crippen LogP contribution in [0.15, 0.2) is 70.6 Å². The molecule has 1 N–H and O–H groups in total. The van der Waals surface area contributed by atoms with Gasteiger partial charge in [0.25, 0.3) is 5.56 Å². The van der Waals surface area contributed by atoms with E-state index in [2.05, 4.69) is 10.3 Å². The topological polar surface area (TPSA) is 87.8 Å². The second-order valence-electron chi connectivity index (χ2n) is 6.79. The van der Waals surface area contributed by atoms with Crippen molar-refractivity contribution >= 4 is 45.9 Å². The third-order valence-electron chi connectivity index (χ3n) is 4.60. The third-order valence-corrected chi connectivity index (χ3v) is 5.78. The summed E-state index contributed by atoms with van der Waals surface area (Å²) in [5.41, 5.74) is 0.0847. The van der Waals surface area contributed by atoms with Gasteiger partial charge in [-0.3, -0.25) is 14.2 Å². The summed E-state index contributed by atoms with van der Waals surface area (Å²) < 4.78 is 29.0. The van der Waals surface area contributed by atoms with E-state index in [0.29, 0.717) is 16.6 Å². The molecule has 4 rings (SSSR count). The second kappa shape index (κ2) is 9.40. The van der Waals surface area contributed by atoms with Gasteiger partial charge >= 0.3 is 0 Å². The second-order valence-corrected chi connectivity index (χ2v) is 8.17. The molecular weight excluding hydrogens is 470 g/mol. The first-order valence-corrected chi connectivity index (χ1v) is 10.8. The normalized spacial score (nSPS) is 10.7. The van der Waals surface area contributed by atoms with Gasteiger partial charge in [-0.2, -0.15) is 5.26 Å². The van der Waals surface area contributed by atoms with Crippen molar-refractivity contribution in [1.29, 1.82) is 5.26 Å². The minimum atomic E-state index is -0.946. The standard InChI is InChI=1S/C23H13ClF2N4O2S/c24-14-6-5-13(11-27)19(9-14)28-21(31)12-33-23-29-18-4-2-1-3-16(18)22(32)30(23)20-8-7-15(25)10-17(20)26/h1-10H,12H2,(H,28,31). The number of fused-ring (bicyclic) bond motifs is 1. The highest BCUT2D eigenvalue weighted by Crippen LogP contribution is 2.25. The smallest absolute Gasteiger partial charge is 0.266 e. The van der Waals surface area contributed by atoms with Crippen molar-refractivity contribution in [3.8, 4) is 11.8 Å². The fourth-order valence-corrected chi connectivity index (χ4v) is 4.10. The van der Waals surface area contributed by atoms with E-state index in [0.717, 1.165) is 28.5 Å². The van der Waals surface area contributed by atoms with Crippen LogP contribution in [0.3, 0.4) is 0 Å². The van der Waals surface area contributed by atoms with E-state index < -0.39 is 23.1 Å². The summed E-state index contributed by atoms with van der Waals surface area (Å²) in [6.07, 6.45) is 0. The molecule has 0 bridgehead atoms. The highest BCUT2D eigenvalue weighted by molar-refractivity contribution is 7.99. The molecule has 1 aromatic heterocycles. The molecule has 0 atom stereocenters. The predicted octanol–water partition coefficient (Wildman–Crippen LogP) is 4.92. The van der Waals surface area contributed by atoms with Gasteiger partial charge in [-0.1, -0.05) is 35.5 Å². The maximum absolute atomic E-state index is 14.5. The molecule has 0 aliphatic rings. The number of anilines is 1. The van der Waals surface area contributed by atoms with E-state index in [-0.39, 0.29) is 33.2 Å². The molecule has 33 heavy (non-hydrogen) atoms. The molecule has 0 radical (unpaired) electrons. The van der Waals surface area contributed by atoms with E-state index in [1.807, 2.05) is 6.07 Å². The number of carbonyl (C=O) groups is 1. The first-order valence-electron chi connectivity index (χ1n) is 9.47. The summed E-state index contributed by atoms with van der Waals surface area (Å²) in [6.45, 7) is 0. The van der Waals surface area contributed by atoms with Crippen molar-refractivity contribution in [2.24, 2.45) is 0 Å². The number of hydrogen-bond donors (Lipinski definition) is 1. The zero-order valence-electron chi connectivity index (χ0n) is 16.7. The quantitative estimate of drug-likeness (QED) is 0.322. The Kier molecular flexibility index (Phi) is 6.40. The van der Waals surface area contributed by atoms with Gasteiger partial charge in [-0.25, -0.2) is 13.8 Å². The maximum Gasteiger partial charge on any atom is 0.266 e. The van der Waals surface area contributed by atoms with Crippen molar-refractivity contribution in [3.63, 3.8) is 0 Å². The van der Waals surface area contributed by atoms with Gasteiger partial charge in [-0.15, -0.1) is 0 Å². The number of hydrogen-bond acceptors (Lipinski definition) is 5. The number of carbonyl (C=O) groups excluding carboxylic acids is 1. The molecule has 1 heterocycles. The molecule has 3 aromatic carbocycles. The van der Waals surface area contributed by atoms with Crippen LogP contribution in [0.2, 0.25) is 5.02 Å². The molecule has 10 heteroatoms. The van der Waals surface area contributed by atoms with Gasteiger partial charge < -0.3 is 5.32 Å². The Hall–Kier alpha value is -3.74. The SMILES string of the molecule is N#Cc1ccc(Cl)cc1NC(=O)CSc1nc2ccccc2c(=O)n1-c1ccc(F)cc1F. The van der Waals surface area contributed by atoms with Gasteiger partial charge in [0.05, 0.1) is 33.6 Å². The Morgan fingerprint density at radius 2 is 1.94 bits per heavy atom. The summed E-state index contributed by atoms with van der Waals surface area (Å²) >= 11 is 6.83. The number of amides is 1. The molecule has 4 aromatic rings. The highest BCUT2D eigenvalue weighted by atomic mass is 35.5. The first kappa shape index (κ1) is 22.5. The first-order chi connectivity index (χ1) is 15.9. The summed E-state index contributed by atoms with van der Waals surface area (Å²) in [7, 11) is 0. The van der Waals surface area contributed by atoms with Crippen molar-refractivity contribution in [2.45, 2.75) is 5.16 Å². The van der Waals surface area contributed by atoms with Gasteiger partial charge in [-0.05, 0) is 42.5 Å². The molecule has 0 saturated heterocycles. The average molecular weight is 483 g/mol. The predicted molar refractivity (Wildman–Crippen MR) is 123 cm³/mol. The zero-order chi connectivity index (χ0) is 23.5.